The molecule has 0 amide bonds. The lowest BCUT2D eigenvalue weighted by molar-refractivity contribution is 0.361. The zero-order chi connectivity index (χ0) is 12.3. The van der Waals surface area contributed by atoms with Crippen molar-refractivity contribution < 1.29 is 8.42 Å². The molecule has 2 atom stereocenters. The van der Waals surface area contributed by atoms with Crippen molar-refractivity contribution in [2.24, 2.45) is 5.73 Å². The predicted molar refractivity (Wildman–Crippen MR) is 67.0 cm³/mol. The van der Waals surface area contributed by atoms with Crippen molar-refractivity contribution >= 4 is 10.0 Å². The molecule has 5 heteroatoms. The molecule has 0 aromatic heterocycles. The summed E-state index contributed by atoms with van der Waals surface area (Å²) in [7, 11) is -3.42. The normalized spacial score (nSPS) is 25.7. The van der Waals surface area contributed by atoms with E-state index in [0.717, 1.165) is 25.7 Å². The number of nitrogens with two attached hydrogens (primary N) is 1. The molecule has 0 spiro atoms. The molecule has 0 unspecified atom stereocenters. The molecule has 1 aliphatic carbocycles. The van der Waals surface area contributed by atoms with Gasteiger partial charge in [-0.2, -0.15) is 0 Å². The van der Waals surface area contributed by atoms with Crippen LogP contribution in [0.3, 0.4) is 0 Å². The maximum atomic E-state index is 12.1. The molecule has 1 aromatic rings. The first kappa shape index (κ1) is 12.5. The van der Waals surface area contributed by atoms with Crippen molar-refractivity contribution in [3.8, 4) is 0 Å². The second kappa shape index (κ2) is 5.16. The first-order chi connectivity index (χ1) is 8.09. The van der Waals surface area contributed by atoms with E-state index in [1.807, 2.05) is 0 Å². The molecule has 0 bridgehead atoms. The third-order valence-corrected chi connectivity index (χ3v) is 4.69. The highest BCUT2D eigenvalue weighted by Gasteiger charge is 2.26. The summed E-state index contributed by atoms with van der Waals surface area (Å²) in [4.78, 5) is 0.303. The summed E-state index contributed by atoms with van der Waals surface area (Å²) in [5.41, 5.74) is 5.94. The smallest absolute Gasteiger partial charge is 0.240 e. The van der Waals surface area contributed by atoms with Crippen LogP contribution in [-0.4, -0.2) is 20.5 Å². The third kappa shape index (κ3) is 3.06. The van der Waals surface area contributed by atoms with Gasteiger partial charge in [0.1, 0.15) is 0 Å². The number of nitrogens with one attached hydrogen (secondary N) is 1. The molecule has 2 rings (SSSR count). The van der Waals surface area contributed by atoms with Crippen LogP contribution in [0.1, 0.15) is 25.7 Å². The Labute approximate surface area is 102 Å². The Hall–Kier alpha value is -0.910. The fraction of sp³-hybridized carbons (Fsp3) is 0.500. The lowest BCUT2D eigenvalue weighted by Crippen LogP contribution is -2.49. The topological polar surface area (TPSA) is 72.2 Å². The standard InChI is InChI=1S/C12H18N2O2S/c13-11-8-4-5-9-12(11)14-17(15,16)10-6-2-1-3-7-10/h1-3,6-7,11-12,14H,4-5,8-9,13H2/t11-,12-/m1/s1. The van der Waals surface area contributed by atoms with Gasteiger partial charge in [0.2, 0.25) is 10.0 Å². The summed E-state index contributed by atoms with van der Waals surface area (Å²) in [5, 5.41) is 0. The van der Waals surface area contributed by atoms with E-state index in [1.165, 1.54) is 0 Å². The Kier molecular flexibility index (Phi) is 3.81. The Morgan fingerprint density at radius 3 is 2.41 bits per heavy atom. The summed E-state index contributed by atoms with van der Waals surface area (Å²) >= 11 is 0. The molecule has 3 N–H and O–H groups in total. The minimum Gasteiger partial charge on any atom is -0.326 e. The van der Waals surface area contributed by atoms with Crippen molar-refractivity contribution in [3.63, 3.8) is 0 Å². The second-order valence-electron chi connectivity index (χ2n) is 4.49. The molecule has 0 aliphatic heterocycles. The zero-order valence-corrected chi connectivity index (χ0v) is 10.5. The van der Waals surface area contributed by atoms with Crippen LogP contribution in [0, 0.1) is 0 Å². The quantitative estimate of drug-likeness (QED) is 0.852. The van der Waals surface area contributed by atoms with Crippen LogP contribution in [0.25, 0.3) is 0 Å². The highest BCUT2D eigenvalue weighted by Crippen LogP contribution is 2.19. The first-order valence-electron chi connectivity index (χ1n) is 5.92. The molecule has 1 aromatic carbocycles. The van der Waals surface area contributed by atoms with E-state index in [0.29, 0.717) is 4.90 Å². The molecule has 0 heterocycles. The van der Waals surface area contributed by atoms with Gasteiger partial charge in [0, 0.05) is 12.1 Å². The van der Waals surface area contributed by atoms with E-state index in [1.54, 1.807) is 30.3 Å². The predicted octanol–water partition coefficient (Wildman–Crippen LogP) is 1.23. The van der Waals surface area contributed by atoms with Gasteiger partial charge in [-0.25, -0.2) is 13.1 Å². The van der Waals surface area contributed by atoms with Crippen LogP contribution in [0.5, 0.6) is 0 Å². The lowest BCUT2D eigenvalue weighted by atomic mass is 9.92. The van der Waals surface area contributed by atoms with Gasteiger partial charge < -0.3 is 5.73 Å². The van der Waals surface area contributed by atoms with Gasteiger partial charge in [-0.15, -0.1) is 0 Å². The number of hydrogen-bond donors (Lipinski definition) is 2. The van der Waals surface area contributed by atoms with Gasteiger partial charge in [-0.3, -0.25) is 0 Å². The van der Waals surface area contributed by atoms with Crippen molar-refractivity contribution in [2.75, 3.05) is 0 Å². The molecule has 1 fully saturated rings. The molecule has 17 heavy (non-hydrogen) atoms. The van der Waals surface area contributed by atoms with Crippen molar-refractivity contribution in [2.45, 2.75) is 42.7 Å². The lowest BCUT2D eigenvalue weighted by Gasteiger charge is -2.28. The van der Waals surface area contributed by atoms with Crippen LogP contribution in [0.15, 0.2) is 35.2 Å². The van der Waals surface area contributed by atoms with Gasteiger partial charge in [0.05, 0.1) is 4.90 Å². The molecule has 0 saturated heterocycles. The van der Waals surface area contributed by atoms with Gasteiger partial charge >= 0.3 is 0 Å². The highest BCUT2D eigenvalue weighted by molar-refractivity contribution is 7.89. The molecule has 4 nitrogen and oxygen atoms in total. The fourth-order valence-electron chi connectivity index (χ4n) is 2.17. The average molecular weight is 254 g/mol. The van der Waals surface area contributed by atoms with Gasteiger partial charge in [-0.05, 0) is 25.0 Å². The van der Waals surface area contributed by atoms with Crippen LogP contribution in [0.2, 0.25) is 0 Å². The fourth-order valence-corrected chi connectivity index (χ4v) is 3.52. The van der Waals surface area contributed by atoms with Gasteiger partial charge in [0.25, 0.3) is 0 Å². The molecule has 0 radical (unpaired) electrons. The number of rotatable bonds is 3. The minimum atomic E-state index is -3.42. The Bertz CT molecular complexity index is 459. The summed E-state index contributed by atoms with van der Waals surface area (Å²) in [6, 6.07) is 8.22. The molecule has 94 valence electrons. The van der Waals surface area contributed by atoms with Gasteiger partial charge in [0.15, 0.2) is 0 Å². The monoisotopic (exact) mass is 254 g/mol. The van der Waals surface area contributed by atoms with E-state index < -0.39 is 10.0 Å². The maximum Gasteiger partial charge on any atom is 0.240 e. The number of benzene rings is 1. The average Bonchev–Trinajstić information content (AvgIpc) is 2.33. The number of sulfonamides is 1. The highest BCUT2D eigenvalue weighted by atomic mass is 32.2. The van der Waals surface area contributed by atoms with Crippen molar-refractivity contribution in [1.29, 1.82) is 0 Å². The maximum absolute atomic E-state index is 12.1. The third-order valence-electron chi connectivity index (χ3n) is 3.18. The van der Waals surface area contributed by atoms with E-state index in [9.17, 15) is 8.42 Å². The van der Waals surface area contributed by atoms with Crippen molar-refractivity contribution in [1.82, 2.24) is 4.72 Å². The molecular formula is C12H18N2O2S. The second-order valence-corrected chi connectivity index (χ2v) is 6.20. The van der Waals surface area contributed by atoms with Crippen LogP contribution in [-0.2, 0) is 10.0 Å². The summed E-state index contributed by atoms with van der Waals surface area (Å²) in [6.07, 6.45) is 3.84. The van der Waals surface area contributed by atoms with Crippen molar-refractivity contribution in [3.05, 3.63) is 30.3 Å². The molecular weight excluding hydrogens is 236 g/mol. The summed E-state index contributed by atoms with van der Waals surface area (Å²) < 4.78 is 26.9. The SMILES string of the molecule is N[C@@H]1CCCC[C@H]1NS(=O)(=O)c1ccccc1. The zero-order valence-electron chi connectivity index (χ0n) is 9.67. The minimum absolute atomic E-state index is 0.0674. The van der Waals surface area contributed by atoms with Crippen LogP contribution >= 0.6 is 0 Å². The van der Waals surface area contributed by atoms with E-state index in [4.69, 9.17) is 5.73 Å². The Morgan fingerprint density at radius 1 is 1.12 bits per heavy atom. The van der Waals surface area contributed by atoms with E-state index in [-0.39, 0.29) is 12.1 Å². The van der Waals surface area contributed by atoms with Crippen LogP contribution in [0.4, 0.5) is 0 Å². The summed E-state index contributed by atoms with van der Waals surface area (Å²) in [6.45, 7) is 0. The first-order valence-corrected chi connectivity index (χ1v) is 7.41. The van der Waals surface area contributed by atoms with Gasteiger partial charge in [-0.1, -0.05) is 31.0 Å². The Morgan fingerprint density at radius 2 is 1.76 bits per heavy atom. The van der Waals surface area contributed by atoms with Crippen LogP contribution < -0.4 is 10.5 Å². The molecule has 1 saturated carbocycles. The van der Waals surface area contributed by atoms with E-state index >= 15 is 0 Å². The number of hydrogen-bond acceptors (Lipinski definition) is 3. The van der Waals surface area contributed by atoms with E-state index in [2.05, 4.69) is 4.72 Å². The molecule has 1 aliphatic rings. The largest absolute Gasteiger partial charge is 0.326 e. The summed E-state index contributed by atoms with van der Waals surface area (Å²) in [5.74, 6) is 0. The Balaban J connectivity index is 2.12.